The van der Waals surface area contributed by atoms with Crippen molar-refractivity contribution in [2.75, 3.05) is 6.54 Å². The highest BCUT2D eigenvalue weighted by molar-refractivity contribution is 9.10. The van der Waals surface area contributed by atoms with E-state index in [9.17, 15) is 0 Å². The van der Waals surface area contributed by atoms with E-state index >= 15 is 0 Å². The Labute approximate surface area is 91.1 Å². The van der Waals surface area contributed by atoms with Crippen molar-refractivity contribution in [2.24, 2.45) is 5.73 Å². The number of rotatable bonds is 2. The van der Waals surface area contributed by atoms with Crippen molar-refractivity contribution in [3.63, 3.8) is 0 Å². The van der Waals surface area contributed by atoms with E-state index in [-0.39, 0.29) is 0 Å². The van der Waals surface area contributed by atoms with E-state index in [1.54, 1.807) is 0 Å². The lowest BCUT2D eigenvalue weighted by Gasteiger charge is -1.99. The lowest BCUT2D eigenvalue weighted by molar-refractivity contribution is 0.860. The average Bonchev–Trinajstić information content (AvgIpc) is 2.44. The Balaban J connectivity index is 2.65. The number of imidazole rings is 1. The minimum atomic E-state index is 0.634. The molecule has 0 spiro atoms. The largest absolute Gasteiger partial charge is 0.330 e. The molecule has 4 heteroatoms. The third-order valence-electron chi connectivity index (χ3n) is 2.23. The Bertz CT molecular complexity index is 462. The van der Waals surface area contributed by atoms with Gasteiger partial charge in [0.1, 0.15) is 5.82 Å². The number of nitrogens with two attached hydrogens (primary N) is 1. The maximum atomic E-state index is 5.53. The monoisotopic (exact) mass is 253 g/mol. The van der Waals surface area contributed by atoms with Gasteiger partial charge in [-0.1, -0.05) is 15.9 Å². The van der Waals surface area contributed by atoms with Crippen LogP contribution in [0.5, 0.6) is 0 Å². The molecular formula is C10H12BrN3. The maximum absolute atomic E-state index is 5.53. The van der Waals surface area contributed by atoms with E-state index in [0.717, 1.165) is 27.9 Å². The molecule has 74 valence electrons. The fraction of sp³-hybridized carbons (Fsp3) is 0.300. The van der Waals surface area contributed by atoms with E-state index in [4.69, 9.17) is 5.73 Å². The van der Waals surface area contributed by atoms with E-state index in [2.05, 4.69) is 31.4 Å². The van der Waals surface area contributed by atoms with Crippen LogP contribution in [0.1, 0.15) is 11.5 Å². The van der Waals surface area contributed by atoms with Gasteiger partial charge < -0.3 is 10.1 Å². The van der Waals surface area contributed by atoms with Crippen molar-refractivity contribution in [1.29, 1.82) is 0 Å². The summed E-state index contributed by atoms with van der Waals surface area (Å²) in [6.07, 6.45) is 2.83. The first-order valence-corrected chi connectivity index (χ1v) is 5.35. The molecule has 2 aromatic rings. The molecule has 2 heterocycles. The summed E-state index contributed by atoms with van der Waals surface area (Å²) >= 11 is 3.45. The third kappa shape index (κ3) is 1.55. The molecule has 0 amide bonds. The summed E-state index contributed by atoms with van der Waals surface area (Å²) in [7, 11) is 0. The second-order valence-corrected chi connectivity index (χ2v) is 4.17. The Morgan fingerprint density at radius 3 is 3.07 bits per heavy atom. The van der Waals surface area contributed by atoms with Crippen LogP contribution in [0, 0.1) is 6.92 Å². The predicted molar refractivity (Wildman–Crippen MR) is 60.4 cm³/mol. The Kier molecular flexibility index (Phi) is 2.56. The SMILES string of the molecule is Cc1nc(CCN)n2ccc(Br)cc12. The lowest BCUT2D eigenvalue weighted by Crippen LogP contribution is -2.06. The van der Waals surface area contributed by atoms with Crippen LogP contribution in [0.3, 0.4) is 0 Å². The van der Waals surface area contributed by atoms with Gasteiger partial charge in [-0.05, 0) is 25.6 Å². The molecule has 0 saturated heterocycles. The van der Waals surface area contributed by atoms with E-state index in [1.165, 1.54) is 0 Å². The molecule has 0 aromatic carbocycles. The summed E-state index contributed by atoms with van der Waals surface area (Å²) in [4.78, 5) is 4.48. The molecule has 3 nitrogen and oxygen atoms in total. The first-order valence-electron chi connectivity index (χ1n) is 4.55. The van der Waals surface area contributed by atoms with Gasteiger partial charge in [-0.15, -0.1) is 0 Å². The van der Waals surface area contributed by atoms with Crippen LogP contribution in [0.25, 0.3) is 5.52 Å². The topological polar surface area (TPSA) is 43.3 Å². The number of hydrogen-bond acceptors (Lipinski definition) is 2. The normalized spacial score (nSPS) is 11.1. The summed E-state index contributed by atoms with van der Waals surface area (Å²) in [5, 5.41) is 0. The fourth-order valence-corrected chi connectivity index (χ4v) is 1.92. The second kappa shape index (κ2) is 3.71. The zero-order chi connectivity index (χ0) is 10.1. The molecule has 0 aliphatic rings. The van der Waals surface area contributed by atoms with Gasteiger partial charge in [0.2, 0.25) is 0 Å². The van der Waals surface area contributed by atoms with Crippen molar-refractivity contribution in [3.05, 3.63) is 34.3 Å². The van der Waals surface area contributed by atoms with Gasteiger partial charge >= 0.3 is 0 Å². The highest BCUT2D eigenvalue weighted by Crippen LogP contribution is 2.17. The summed E-state index contributed by atoms with van der Waals surface area (Å²) in [5.41, 5.74) is 7.72. The van der Waals surface area contributed by atoms with Crippen molar-refractivity contribution in [3.8, 4) is 0 Å². The summed E-state index contributed by atoms with van der Waals surface area (Å²) in [6.45, 7) is 2.65. The number of pyridine rings is 1. The fourth-order valence-electron chi connectivity index (χ4n) is 1.59. The molecule has 0 atom stereocenters. The van der Waals surface area contributed by atoms with Crippen LogP contribution in [0.2, 0.25) is 0 Å². The summed E-state index contributed by atoms with van der Waals surface area (Å²) < 4.78 is 3.17. The molecule has 2 aromatic heterocycles. The van der Waals surface area contributed by atoms with Crippen LogP contribution in [-0.4, -0.2) is 15.9 Å². The molecule has 14 heavy (non-hydrogen) atoms. The van der Waals surface area contributed by atoms with Crippen LogP contribution in [-0.2, 0) is 6.42 Å². The molecule has 0 unspecified atom stereocenters. The van der Waals surface area contributed by atoms with E-state index < -0.39 is 0 Å². The standard InChI is InChI=1S/C10H12BrN3/c1-7-9-6-8(11)3-5-14(9)10(13-7)2-4-12/h3,5-6H,2,4,12H2,1H3. The first-order chi connectivity index (χ1) is 6.72. The number of aryl methyl sites for hydroxylation is 1. The molecule has 0 radical (unpaired) electrons. The average molecular weight is 254 g/mol. The highest BCUT2D eigenvalue weighted by atomic mass is 79.9. The zero-order valence-corrected chi connectivity index (χ0v) is 9.58. The van der Waals surface area contributed by atoms with Crippen LogP contribution < -0.4 is 5.73 Å². The Morgan fingerprint density at radius 2 is 2.36 bits per heavy atom. The molecule has 0 aliphatic carbocycles. The molecule has 0 saturated carbocycles. The van der Waals surface area contributed by atoms with Gasteiger partial charge in [0, 0.05) is 17.1 Å². The third-order valence-corrected chi connectivity index (χ3v) is 2.72. The van der Waals surface area contributed by atoms with Crippen LogP contribution in [0.15, 0.2) is 22.8 Å². The molecule has 0 bridgehead atoms. The number of hydrogen-bond donors (Lipinski definition) is 1. The zero-order valence-electron chi connectivity index (χ0n) is 8.00. The van der Waals surface area contributed by atoms with E-state index in [1.807, 2.05) is 19.2 Å². The minimum Gasteiger partial charge on any atom is -0.330 e. The van der Waals surface area contributed by atoms with Crippen molar-refractivity contribution >= 4 is 21.4 Å². The number of fused-ring (bicyclic) bond motifs is 1. The van der Waals surface area contributed by atoms with Crippen molar-refractivity contribution < 1.29 is 0 Å². The van der Waals surface area contributed by atoms with Gasteiger partial charge in [0.05, 0.1) is 11.2 Å². The predicted octanol–water partition coefficient (Wildman–Crippen LogP) is 1.91. The van der Waals surface area contributed by atoms with Crippen molar-refractivity contribution in [1.82, 2.24) is 9.38 Å². The maximum Gasteiger partial charge on any atom is 0.114 e. The van der Waals surface area contributed by atoms with Gasteiger partial charge in [-0.25, -0.2) is 4.98 Å². The summed E-state index contributed by atoms with van der Waals surface area (Å²) in [5.74, 6) is 1.03. The molecular weight excluding hydrogens is 242 g/mol. The summed E-state index contributed by atoms with van der Waals surface area (Å²) in [6, 6.07) is 4.08. The minimum absolute atomic E-state index is 0.634. The number of aromatic nitrogens is 2. The van der Waals surface area contributed by atoms with Gasteiger partial charge in [0.15, 0.2) is 0 Å². The smallest absolute Gasteiger partial charge is 0.114 e. The van der Waals surface area contributed by atoms with Gasteiger partial charge in [0.25, 0.3) is 0 Å². The van der Waals surface area contributed by atoms with Crippen LogP contribution in [0.4, 0.5) is 0 Å². The number of halogens is 1. The van der Waals surface area contributed by atoms with Gasteiger partial charge in [-0.2, -0.15) is 0 Å². The molecule has 0 aliphatic heterocycles. The molecule has 2 rings (SSSR count). The molecule has 0 fully saturated rings. The van der Waals surface area contributed by atoms with E-state index in [0.29, 0.717) is 6.54 Å². The molecule has 2 N–H and O–H groups in total. The first kappa shape index (κ1) is 9.68. The lowest BCUT2D eigenvalue weighted by atomic mass is 10.3. The highest BCUT2D eigenvalue weighted by Gasteiger charge is 2.06. The Morgan fingerprint density at radius 1 is 1.57 bits per heavy atom. The van der Waals surface area contributed by atoms with Crippen LogP contribution >= 0.6 is 15.9 Å². The van der Waals surface area contributed by atoms with Crippen molar-refractivity contribution in [2.45, 2.75) is 13.3 Å². The second-order valence-electron chi connectivity index (χ2n) is 3.25. The quantitative estimate of drug-likeness (QED) is 0.889. The van der Waals surface area contributed by atoms with Gasteiger partial charge in [-0.3, -0.25) is 0 Å². The number of nitrogens with zero attached hydrogens (tertiary/aromatic N) is 2. The Hall–Kier alpha value is -0.870.